The molecule has 0 saturated carbocycles. The van der Waals surface area contributed by atoms with E-state index >= 15 is 0 Å². The highest BCUT2D eigenvalue weighted by atomic mass is 16.2. The molecule has 3 aromatic carbocycles. The van der Waals surface area contributed by atoms with Gasteiger partial charge in [-0.1, -0.05) is 42.0 Å². The van der Waals surface area contributed by atoms with E-state index in [0.717, 1.165) is 22.4 Å². The quantitative estimate of drug-likeness (QED) is 0.471. The molecule has 0 bridgehead atoms. The fourth-order valence-corrected chi connectivity index (χ4v) is 3.68. The lowest BCUT2D eigenvalue weighted by atomic mass is 10.0. The Kier molecular flexibility index (Phi) is 6.09. The number of carbonyl (C=O) groups excluding carboxylic acids is 2. The van der Waals surface area contributed by atoms with Gasteiger partial charge in [0, 0.05) is 37.1 Å². The molecule has 0 spiro atoms. The number of amides is 2. The zero-order valence-corrected chi connectivity index (χ0v) is 19.2. The molecule has 0 atom stereocenters. The fraction of sp³-hybridized carbons (Fsp3) is 0.148. The fourth-order valence-electron chi connectivity index (χ4n) is 3.68. The van der Waals surface area contributed by atoms with E-state index in [2.05, 4.69) is 11.4 Å². The SMILES string of the molecule is Cc1ccc(-c2nn(-c3ccccc3)cc2C(=O)Nc2ccc(C(=O)N(C)C)cc2)c(C)c1. The van der Waals surface area contributed by atoms with Crippen molar-refractivity contribution in [3.63, 3.8) is 0 Å². The molecule has 1 aromatic heterocycles. The van der Waals surface area contributed by atoms with Crippen molar-refractivity contribution in [3.8, 4) is 16.9 Å². The molecule has 6 nitrogen and oxygen atoms in total. The molecular formula is C27H26N4O2. The molecule has 0 aliphatic carbocycles. The second-order valence-electron chi connectivity index (χ2n) is 8.22. The summed E-state index contributed by atoms with van der Waals surface area (Å²) in [5, 5.41) is 7.71. The minimum Gasteiger partial charge on any atom is -0.345 e. The van der Waals surface area contributed by atoms with Crippen molar-refractivity contribution in [1.82, 2.24) is 14.7 Å². The van der Waals surface area contributed by atoms with Crippen LogP contribution < -0.4 is 5.32 Å². The van der Waals surface area contributed by atoms with Crippen molar-refractivity contribution in [2.45, 2.75) is 13.8 Å². The second kappa shape index (κ2) is 9.12. The van der Waals surface area contributed by atoms with Crippen molar-refractivity contribution in [2.75, 3.05) is 19.4 Å². The first kappa shape index (κ1) is 22.0. The number of para-hydroxylation sites is 1. The third kappa shape index (κ3) is 4.70. The van der Waals surface area contributed by atoms with Crippen molar-refractivity contribution in [2.24, 2.45) is 0 Å². The van der Waals surface area contributed by atoms with Gasteiger partial charge < -0.3 is 10.2 Å². The molecule has 6 heteroatoms. The minimum absolute atomic E-state index is 0.0888. The maximum absolute atomic E-state index is 13.3. The lowest BCUT2D eigenvalue weighted by Crippen LogP contribution is -2.21. The number of aromatic nitrogens is 2. The zero-order valence-electron chi connectivity index (χ0n) is 19.2. The maximum atomic E-state index is 13.3. The molecular weight excluding hydrogens is 412 g/mol. The standard InChI is InChI=1S/C27H26N4O2/c1-18-10-15-23(19(2)16-18)25-24(17-31(29-25)22-8-6-5-7-9-22)26(32)28-21-13-11-20(12-14-21)27(33)30(3)4/h5-17H,1-4H3,(H,28,32). The van der Waals surface area contributed by atoms with Crippen LogP contribution in [-0.2, 0) is 0 Å². The summed E-state index contributed by atoms with van der Waals surface area (Å²) in [6, 6.07) is 22.7. The Bertz CT molecular complexity index is 1310. The van der Waals surface area contributed by atoms with Gasteiger partial charge in [-0.3, -0.25) is 9.59 Å². The molecule has 1 heterocycles. The molecule has 4 aromatic rings. The number of hydrogen-bond acceptors (Lipinski definition) is 3. The summed E-state index contributed by atoms with van der Waals surface area (Å²) in [6.07, 6.45) is 1.75. The van der Waals surface area contributed by atoms with E-state index in [4.69, 9.17) is 5.10 Å². The van der Waals surface area contributed by atoms with Crippen molar-refractivity contribution >= 4 is 17.5 Å². The summed E-state index contributed by atoms with van der Waals surface area (Å²) >= 11 is 0. The number of rotatable bonds is 5. The molecule has 0 saturated heterocycles. The summed E-state index contributed by atoms with van der Waals surface area (Å²) in [7, 11) is 3.41. The number of hydrogen-bond donors (Lipinski definition) is 1. The van der Waals surface area contributed by atoms with Crippen LogP contribution in [0.1, 0.15) is 31.8 Å². The first-order valence-corrected chi connectivity index (χ1v) is 10.7. The molecule has 0 unspecified atom stereocenters. The first-order chi connectivity index (χ1) is 15.8. The second-order valence-corrected chi connectivity index (χ2v) is 8.22. The van der Waals surface area contributed by atoms with E-state index in [1.807, 2.05) is 56.3 Å². The molecule has 1 N–H and O–H groups in total. The summed E-state index contributed by atoms with van der Waals surface area (Å²) in [5.41, 5.74) is 6.24. The lowest BCUT2D eigenvalue weighted by molar-refractivity contribution is 0.0827. The highest BCUT2D eigenvalue weighted by Gasteiger charge is 2.20. The van der Waals surface area contributed by atoms with Crippen LogP contribution in [0.5, 0.6) is 0 Å². The van der Waals surface area contributed by atoms with Crippen molar-refractivity contribution < 1.29 is 9.59 Å². The number of benzene rings is 3. The average Bonchev–Trinajstić information content (AvgIpc) is 3.25. The molecule has 0 aliphatic rings. The highest BCUT2D eigenvalue weighted by Crippen LogP contribution is 2.28. The molecule has 4 rings (SSSR count). The van der Waals surface area contributed by atoms with E-state index in [1.165, 1.54) is 4.90 Å². The van der Waals surface area contributed by atoms with Gasteiger partial charge in [0.05, 0.1) is 11.3 Å². The maximum Gasteiger partial charge on any atom is 0.259 e. The number of anilines is 1. The zero-order chi connectivity index (χ0) is 23.5. The van der Waals surface area contributed by atoms with Crippen LogP contribution in [-0.4, -0.2) is 40.6 Å². The molecule has 166 valence electrons. The van der Waals surface area contributed by atoms with E-state index in [1.54, 1.807) is 49.2 Å². The Hall–Kier alpha value is -4.19. The van der Waals surface area contributed by atoms with E-state index in [9.17, 15) is 9.59 Å². The van der Waals surface area contributed by atoms with Gasteiger partial charge in [0.15, 0.2) is 0 Å². The van der Waals surface area contributed by atoms with E-state index in [-0.39, 0.29) is 11.8 Å². The molecule has 33 heavy (non-hydrogen) atoms. The van der Waals surface area contributed by atoms with Crippen LogP contribution in [0, 0.1) is 13.8 Å². The van der Waals surface area contributed by atoms with Gasteiger partial charge in [0.25, 0.3) is 11.8 Å². The van der Waals surface area contributed by atoms with E-state index in [0.29, 0.717) is 22.5 Å². The summed E-state index contributed by atoms with van der Waals surface area (Å²) in [6.45, 7) is 4.06. The summed E-state index contributed by atoms with van der Waals surface area (Å²) in [4.78, 5) is 27.0. The monoisotopic (exact) mass is 438 g/mol. The molecule has 0 radical (unpaired) electrons. The molecule has 0 fully saturated rings. The third-order valence-corrected chi connectivity index (χ3v) is 5.41. The van der Waals surface area contributed by atoms with Crippen molar-refractivity contribution in [1.29, 1.82) is 0 Å². The Balaban J connectivity index is 1.70. The van der Waals surface area contributed by atoms with Gasteiger partial charge in [-0.05, 0) is 55.8 Å². The third-order valence-electron chi connectivity index (χ3n) is 5.41. The Morgan fingerprint density at radius 2 is 1.61 bits per heavy atom. The molecule has 2 amide bonds. The van der Waals surface area contributed by atoms with Gasteiger partial charge in [-0.15, -0.1) is 0 Å². The van der Waals surface area contributed by atoms with E-state index < -0.39 is 0 Å². The largest absolute Gasteiger partial charge is 0.345 e. The van der Waals surface area contributed by atoms with Crippen LogP contribution in [0.4, 0.5) is 5.69 Å². The lowest BCUT2D eigenvalue weighted by Gasteiger charge is -2.11. The summed E-state index contributed by atoms with van der Waals surface area (Å²) in [5.74, 6) is -0.354. The highest BCUT2D eigenvalue weighted by molar-refractivity contribution is 6.08. The number of nitrogens with one attached hydrogen (secondary N) is 1. The smallest absolute Gasteiger partial charge is 0.259 e. The van der Waals surface area contributed by atoms with Gasteiger partial charge in [-0.2, -0.15) is 5.10 Å². The predicted octanol–water partition coefficient (Wildman–Crippen LogP) is 5.11. The van der Waals surface area contributed by atoms with Crippen LogP contribution in [0.2, 0.25) is 0 Å². The van der Waals surface area contributed by atoms with Crippen molar-refractivity contribution in [3.05, 3.63) is 101 Å². The van der Waals surface area contributed by atoms with Crippen LogP contribution in [0.25, 0.3) is 16.9 Å². The summed E-state index contributed by atoms with van der Waals surface area (Å²) < 4.78 is 1.72. The Morgan fingerprint density at radius 1 is 0.909 bits per heavy atom. The van der Waals surface area contributed by atoms with Crippen LogP contribution >= 0.6 is 0 Å². The Morgan fingerprint density at radius 3 is 2.24 bits per heavy atom. The normalized spacial score (nSPS) is 10.7. The Labute approximate surface area is 193 Å². The van der Waals surface area contributed by atoms with Gasteiger partial charge in [0.1, 0.15) is 5.69 Å². The number of carbonyl (C=O) groups is 2. The minimum atomic E-state index is -0.265. The van der Waals surface area contributed by atoms with Gasteiger partial charge in [0.2, 0.25) is 0 Å². The average molecular weight is 439 g/mol. The van der Waals surface area contributed by atoms with Crippen LogP contribution in [0.15, 0.2) is 79.0 Å². The first-order valence-electron chi connectivity index (χ1n) is 10.7. The number of nitrogens with zero attached hydrogens (tertiary/aromatic N) is 3. The van der Waals surface area contributed by atoms with Crippen LogP contribution in [0.3, 0.4) is 0 Å². The topological polar surface area (TPSA) is 67.2 Å². The van der Waals surface area contributed by atoms with Gasteiger partial charge in [-0.25, -0.2) is 4.68 Å². The van der Waals surface area contributed by atoms with Gasteiger partial charge >= 0.3 is 0 Å². The molecule has 0 aliphatic heterocycles. The predicted molar refractivity (Wildman–Crippen MR) is 131 cm³/mol. The number of aryl methyl sites for hydroxylation is 2.